The summed E-state index contributed by atoms with van der Waals surface area (Å²) < 4.78 is 0. The van der Waals surface area contributed by atoms with Crippen LogP contribution in [-0.2, 0) is 19.2 Å². The molecule has 2 N–H and O–H groups in total. The van der Waals surface area contributed by atoms with Crippen LogP contribution in [0.1, 0.15) is 90.0 Å². The van der Waals surface area contributed by atoms with E-state index < -0.39 is 5.97 Å². The Morgan fingerprint density at radius 1 is 1.05 bits per heavy atom. The molecule has 0 saturated heterocycles. The molecule has 7 atom stereocenters. The highest BCUT2D eigenvalue weighted by Gasteiger charge is 2.59. The molecule has 1 aromatic rings. The molecule has 1 amide bonds. The van der Waals surface area contributed by atoms with Gasteiger partial charge < -0.3 is 15.3 Å². The van der Waals surface area contributed by atoms with Gasteiger partial charge in [0.1, 0.15) is 5.78 Å². The van der Waals surface area contributed by atoms with Crippen LogP contribution in [0.2, 0.25) is 0 Å². The molecule has 7 nitrogen and oxygen atoms in total. The number of nitrogens with one attached hydrogen (secondary N) is 1. The van der Waals surface area contributed by atoms with Crippen molar-refractivity contribution in [3.63, 3.8) is 0 Å². The highest BCUT2D eigenvalue weighted by atomic mass is 16.6. The van der Waals surface area contributed by atoms with Gasteiger partial charge in [0.15, 0.2) is 6.61 Å². The van der Waals surface area contributed by atoms with Crippen LogP contribution in [0.15, 0.2) is 47.1 Å². The number of carboxylic acids is 1. The second-order valence-corrected chi connectivity index (χ2v) is 13.2. The molecule has 1 aromatic carbocycles. The molecule has 0 aromatic heterocycles. The van der Waals surface area contributed by atoms with Gasteiger partial charge in [0.2, 0.25) is 0 Å². The average molecular weight is 549 g/mol. The largest absolute Gasteiger partial charge is 0.481 e. The number of oxime groups is 1. The summed E-state index contributed by atoms with van der Waals surface area (Å²) in [7, 11) is 0. The minimum atomic E-state index is -0.900. The molecule has 3 fully saturated rings. The zero-order chi connectivity index (χ0) is 28.5. The molecule has 4 aliphatic rings. The van der Waals surface area contributed by atoms with E-state index in [9.17, 15) is 19.5 Å². The van der Waals surface area contributed by atoms with E-state index in [1.54, 1.807) is 6.92 Å². The highest BCUT2D eigenvalue weighted by Crippen LogP contribution is 2.66. The Kier molecular flexibility index (Phi) is 8.21. The minimum Gasteiger partial charge on any atom is -0.481 e. The van der Waals surface area contributed by atoms with Crippen LogP contribution in [0.5, 0.6) is 0 Å². The summed E-state index contributed by atoms with van der Waals surface area (Å²) in [4.78, 5) is 41.6. The third-order valence-corrected chi connectivity index (χ3v) is 11.1. The fourth-order valence-electron chi connectivity index (χ4n) is 9.02. The Labute approximate surface area is 237 Å². The zero-order valence-corrected chi connectivity index (χ0v) is 24.2. The van der Waals surface area contributed by atoms with Gasteiger partial charge in [-0.2, -0.15) is 0 Å². The normalized spacial score (nSPS) is 34.6. The van der Waals surface area contributed by atoms with Gasteiger partial charge in [-0.15, -0.1) is 0 Å². The van der Waals surface area contributed by atoms with Crippen molar-refractivity contribution in [2.45, 2.75) is 84.5 Å². The monoisotopic (exact) mass is 548 g/mol. The van der Waals surface area contributed by atoms with E-state index in [-0.39, 0.29) is 48.1 Å². The topological polar surface area (TPSA) is 105 Å². The number of hydrogen-bond donors (Lipinski definition) is 2. The van der Waals surface area contributed by atoms with Gasteiger partial charge in [0.25, 0.3) is 5.91 Å². The molecule has 0 spiro atoms. The molecule has 0 unspecified atom stereocenters. The quantitative estimate of drug-likeness (QED) is 0.374. The Morgan fingerprint density at radius 2 is 1.82 bits per heavy atom. The van der Waals surface area contributed by atoms with E-state index in [0.29, 0.717) is 23.5 Å². The Hall–Kier alpha value is -2.96. The highest BCUT2D eigenvalue weighted by molar-refractivity contribution is 5.96. The zero-order valence-electron chi connectivity index (χ0n) is 24.2. The van der Waals surface area contributed by atoms with Crippen LogP contribution in [0.25, 0.3) is 0 Å². The number of benzene rings is 1. The van der Waals surface area contributed by atoms with Gasteiger partial charge in [-0.25, -0.2) is 0 Å². The van der Waals surface area contributed by atoms with Gasteiger partial charge in [0, 0.05) is 18.4 Å². The molecule has 0 heterocycles. The number of rotatable bonds is 9. The second-order valence-electron chi connectivity index (χ2n) is 13.2. The SMILES string of the molecule is CC(=O)[C@H]1CC[C@H]2[C@@H]3CCC4=C/C(=N\OCC(=O)NC[C@H](CC(=O)O)c5ccccc5)CC[C@]4(C)[C@H]3CC[C@]12C. The number of ketones is 1. The fraction of sp³-hybridized carbons (Fsp3) is 0.636. The summed E-state index contributed by atoms with van der Waals surface area (Å²) in [6.07, 6.45) is 10.9. The van der Waals surface area contributed by atoms with E-state index in [2.05, 4.69) is 30.4 Å². The van der Waals surface area contributed by atoms with Crippen LogP contribution in [0.4, 0.5) is 0 Å². The summed E-state index contributed by atoms with van der Waals surface area (Å²) >= 11 is 0. The van der Waals surface area contributed by atoms with Crippen molar-refractivity contribution in [3.8, 4) is 0 Å². The standard InChI is InChI=1S/C33H44N2O5/c1-21(36)27-11-12-28-26-10-9-24-18-25(13-15-32(24,2)29(26)14-16-33(27,28)3)35-40-20-30(37)34-19-23(17-31(38)39)22-7-5-4-6-8-22/h4-8,18,23,26-29H,9-17,19-20H2,1-3H3,(H,34,37)(H,38,39)/b35-25-/t23-,26-,27+,28-,29-,32-,33+/m0/s1. The van der Waals surface area contributed by atoms with Crippen LogP contribution in [-0.4, -0.2) is 41.6 Å². The van der Waals surface area contributed by atoms with Gasteiger partial charge in [0.05, 0.1) is 12.1 Å². The van der Waals surface area contributed by atoms with Crippen molar-refractivity contribution >= 4 is 23.4 Å². The van der Waals surface area contributed by atoms with Gasteiger partial charge >= 0.3 is 5.97 Å². The second kappa shape index (κ2) is 11.5. The molecule has 3 saturated carbocycles. The van der Waals surface area contributed by atoms with E-state index in [4.69, 9.17) is 4.84 Å². The number of fused-ring (bicyclic) bond motifs is 5. The van der Waals surface area contributed by atoms with Crippen molar-refractivity contribution in [2.75, 3.05) is 13.2 Å². The van der Waals surface area contributed by atoms with Crippen molar-refractivity contribution in [3.05, 3.63) is 47.5 Å². The van der Waals surface area contributed by atoms with E-state index in [1.165, 1.54) is 24.8 Å². The van der Waals surface area contributed by atoms with Gasteiger partial charge in [-0.05, 0) is 98.5 Å². The number of aliphatic carboxylic acids is 1. The number of hydrogen-bond acceptors (Lipinski definition) is 5. The number of amides is 1. The molecule has 0 radical (unpaired) electrons. The summed E-state index contributed by atoms with van der Waals surface area (Å²) in [6, 6.07) is 9.37. The lowest BCUT2D eigenvalue weighted by molar-refractivity contribution is -0.137. The van der Waals surface area contributed by atoms with Crippen molar-refractivity contribution in [2.24, 2.45) is 39.7 Å². The number of carbonyl (C=O) groups excluding carboxylic acids is 2. The van der Waals surface area contributed by atoms with Crippen LogP contribution < -0.4 is 5.32 Å². The minimum absolute atomic E-state index is 0.0566. The third-order valence-electron chi connectivity index (χ3n) is 11.1. The molecular formula is C33H44N2O5. The number of allylic oxidation sites excluding steroid dienone is 2. The Bertz CT molecular complexity index is 1190. The van der Waals surface area contributed by atoms with Crippen LogP contribution >= 0.6 is 0 Å². The lowest BCUT2D eigenvalue weighted by Gasteiger charge is -2.58. The smallest absolute Gasteiger partial charge is 0.304 e. The molecule has 0 bridgehead atoms. The van der Waals surface area contributed by atoms with E-state index in [0.717, 1.165) is 43.4 Å². The van der Waals surface area contributed by atoms with Crippen LogP contribution in [0, 0.1) is 34.5 Å². The third kappa shape index (κ3) is 5.48. The van der Waals surface area contributed by atoms with Crippen molar-refractivity contribution in [1.82, 2.24) is 5.32 Å². The number of carbonyl (C=O) groups is 3. The fourth-order valence-corrected chi connectivity index (χ4v) is 9.02. The number of carboxylic acid groups (broad SMARTS) is 1. The summed E-state index contributed by atoms with van der Waals surface area (Å²) in [5.74, 6) is 1.13. The average Bonchev–Trinajstić information content (AvgIpc) is 3.29. The molecule has 0 aliphatic heterocycles. The first-order chi connectivity index (χ1) is 19.1. The maximum Gasteiger partial charge on any atom is 0.304 e. The molecule has 7 heteroatoms. The first kappa shape index (κ1) is 28.6. The first-order valence-corrected chi connectivity index (χ1v) is 15.1. The summed E-state index contributed by atoms with van der Waals surface area (Å²) in [5.41, 5.74) is 3.59. The van der Waals surface area contributed by atoms with Gasteiger partial charge in [-0.3, -0.25) is 14.4 Å². The summed E-state index contributed by atoms with van der Waals surface area (Å²) in [5, 5.41) is 16.4. The summed E-state index contributed by atoms with van der Waals surface area (Å²) in [6.45, 7) is 6.67. The number of nitrogens with zero attached hydrogens (tertiary/aromatic N) is 1. The molecular weight excluding hydrogens is 504 g/mol. The molecule has 5 rings (SSSR count). The van der Waals surface area contributed by atoms with E-state index >= 15 is 0 Å². The lowest BCUT2D eigenvalue weighted by atomic mass is 9.46. The van der Waals surface area contributed by atoms with Crippen molar-refractivity contribution < 1.29 is 24.3 Å². The molecule has 40 heavy (non-hydrogen) atoms. The maximum absolute atomic E-state index is 12.4. The molecule has 4 aliphatic carbocycles. The van der Waals surface area contributed by atoms with Crippen molar-refractivity contribution in [1.29, 1.82) is 0 Å². The van der Waals surface area contributed by atoms with Gasteiger partial charge in [-0.1, -0.05) is 54.9 Å². The van der Waals surface area contributed by atoms with E-state index in [1.807, 2.05) is 30.3 Å². The Morgan fingerprint density at radius 3 is 2.55 bits per heavy atom. The Balaban J connectivity index is 1.17. The molecule has 216 valence electrons. The first-order valence-electron chi connectivity index (χ1n) is 15.1. The number of Topliss-reactive ketones (excluding diaryl/α,β-unsaturated/α-hetero) is 1. The van der Waals surface area contributed by atoms with Crippen LogP contribution in [0.3, 0.4) is 0 Å². The lowest BCUT2D eigenvalue weighted by Crippen LogP contribution is -2.51. The predicted octanol–water partition coefficient (Wildman–Crippen LogP) is 5.90. The predicted molar refractivity (Wildman–Crippen MR) is 154 cm³/mol. The maximum atomic E-state index is 12.4.